The van der Waals surface area contributed by atoms with Gasteiger partial charge in [-0.05, 0) is 62.9 Å². The third-order valence-electron chi connectivity index (χ3n) is 5.89. The lowest BCUT2D eigenvalue weighted by atomic mass is 10.1. The second-order valence-corrected chi connectivity index (χ2v) is 9.31. The van der Waals surface area contributed by atoms with Crippen molar-refractivity contribution in [1.82, 2.24) is 10.2 Å². The lowest BCUT2D eigenvalue weighted by molar-refractivity contribution is -0.142. The zero-order valence-electron chi connectivity index (χ0n) is 18.8. The van der Waals surface area contributed by atoms with Gasteiger partial charge in [-0.1, -0.05) is 59.8 Å². The molecule has 2 amide bonds. The van der Waals surface area contributed by atoms with E-state index < -0.39 is 6.04 Å². The van der Waals surface area contributed by atoms with Crippen LogP contribution < -0.4 is 10.1 Å². The van der Waals surface area contributed by atoms with Gasteiger partial charge in [-0.15, -0.1) is 0 Å². The highest BCUT2D eigenvalue weighted by atomic mass is 35.5. The minimum Gasteiger partial charge on any atom is -0.483 e. The van der Waals surface area contributed by atoms with E-state index in [1.807, 2.05) is 32.0 Å². The summed E-state index contributed by atoms with van der Waals surface area (Å²) in [5.41, 5.74) is 2.88. The van der Waals surface area contributed by atoms with Crippen molar-refractivity contribution in [1.29, 1.82) is 0 Å². The maximum absolute atomic E-state index is 13.2. The summed E-state index contributed by atoms with van der Waals surface area (Å²) in [6, 6.07) is 10.5. The average Bonchev–Trinajstić information content (AvgIpc) is 3.26. The largest absolute Gasteiger partial charge is 0.483 e. The van der Waals surface area contributed by atoms with Crippen molar-refractivity contribution in [2.75, 3.05) is 6.61 Å². The van der Waals surface area contributed by atoms with E-state index in [9.17, 15) is 9.59 Å². The molecule has 32 heavy (non-hydrogen) atoms. The predicted octanol–water partition coefficient (Wildman–Crippen LogP) is 5.47. The lowest BCUT2D eigenvalue weighted by Gasteiger charge is -2.30. The van der Waals surface area contributed by atoms with Gasteiger partial charge in [0.15, 0.2) is 6.61 Å². The topological polar surface area (TPSA) is 58.6 Å². The third kappa shape index (κ3) is 6.39. The fraction of sp³-hybridized carbons (Fsp3) is 0.440. The van der Waals surface area contributed by atoms with E-state index in [1.54, 1.807) is 25.1 Å². The van der Waals surface area contributed by atoms with Gasteiger partial charge < -0.3 is 15.0 Å². The molecule has 0 aromatic heterocycles. The van der Waals surface area contributed by atoms with Crippen LogP contribution >= 0.6 is 23.2 Å². The number of ether oxygens (including phenoxy) is 1. The molecule has 0 aliphatic heterocycles. The number of benzene rings is 2. The zero-order chi connectivity index (χ0) is 23.3. The number of nitrogens with one attached hydrogen (secondary N) is 1. The van der Waals surface area contributed by atoms with Gasteiger partial charge in [0, 0.05) is 12.6 Å². The van der Waals surface area contributed by atoms with Gasteiger partial charge in [0.05, 0.1) is 10.0 Å². The molecule has 0 radical (unpaired) electrons. The van der Waals surface area contributed by atoms with Crippen LogP contribution in [0.2, 0.25) is 10.0 Å². The van der Waals surface area contributed by atoms with E-state index in [4.69, 9.17) is 27.9 Å². The maximum Gasteiger partial charge on any atom is 0.261 e. The molecule has 1 N–H and O–H groups in total. The molecule has 2 aromatic carbocycles. The van der Waals surface area contributed by atoms with E-state index >= 15 is 0 Å². The van der Waals surface area contributed by atoms with E-state index in [1.165, 1.54) is 4.90 Å². The number of halogens is 2. The summed E-state index contributed by atoms with van der Waals surface area (Å²) >= 11 is 12.2. The van der Waals surface area contributed by atoms with Crippen LogP contribution in [0.25, 0.3) is 0 Å². The second-order valence-electron chi connectivity index (χ2n) is 8.49. The van der Waals surface area contributed by atoms with Crippen molar-refractivity contribution >= 4 is 35.0 Å². The zero-order valence-corrected chi connectivity index (χ0v) is 20.3. The molecule has 2 aromatic rings. The highest BCUT2D eigenvalue weighted by Crippen LogP contribution is 2.24. The summed E-state index contributed by atoms with van der Waals surface area (Å²) in [4.78, 5) is 27.7. The van der Waals surface area contributed by atoms with E-state index in [2.05, 4.69) is 5.32 Å². The monoisotopic (exact) mass is 476 g/mol. The standard InChI is InChI=1S/C25H30Cl2N2O3/c1-16-8-11-23(17(2)12-16)32-15-24(30)29(14-19-9-10-21(26)22(27)13-19)18(3)25(31)28-20-6-4-5-7-20/h8-13,18,20H,4-7,14-15H2,1-3H3,(H,28,31)/t18-/m1/s1. The first-order valence-corrected chi connectivity index (χ1v) is 11.7. The van der Waals surface area contributed by atoms with Crippen molar-refractivity contribution < 1.29 is 14.3 Å². The number of rotatable bonds is 8. The molecule has 1 aliphatic carbocycles. The van der Waals surface area contributed by atoms with Gasteiger partial charge in [0.1, 0.15) is 11.8 Å². The Kier molecular flexibility index (Phi) is 8.44. The summed E-state index contributed by atoms with van der Waals surface area (Å²) in [5.74, 6) is 0.225. The van der Waals surface area contributed by atoms with Crippen LogP contribution in [0.1, 0.15) is 49.3 Å². The fourth-order valence-electron chi connectivity index (χ4n) is 3.99. The van der Waals surface area contributed by atoms with Crippen LogP contribution in [0.4, 0.5) is 0 Å². The second kappa shape index (κ2) is 11.1. The number of aryl methyl sites for hydroxylation is 2. The molecular weight excluding hydrogens is 447 g/mol. The first-order valence-electron chi connectivity index (χ1n) is 11.0. The Balaban J connectivity index is 1.75. The minimum atomic E-state index is -0.653. The highest BCUT2D eigenvalue weighted by molar-refractivity contribution is 6.42. The number of hydrogen-bond donors (Lipinski definition) is 1. The Morgan fingerprint density at radius 2 is 1.81 bits per heavy atom. The van der Waals surface area contributed by atoms with E-state index in [0.717, 1.165) is 42.4 Å². The molecule has 3 rings (SSSR count). The number of carbonyl (C=O) groups excluding carboxylic acids is 2. The molecule has 0 spiro atoms. The molecule has 0 saturated heterocycles. The highest BCUT2D eigenvalue weighted by Gasteiger charge is 2.29. The fourth-order valence-corrected chi connectivity index (χ4v) is 4.31. The average molecular weight is 477 g/mol. The molecule has 1 fully saturated rings. The van der Waals surface area contributed by atoms with Crippen LogP contribution in [0.15, 0.2) is 36.4 Å². The van der Waals surface area contributed by atoms with E-state index in [0.29, 0.717) is 15.8 Å². The molecule has 0 unspecified atom stereocenters. The molecular formula is C25H30Cl2N2O3. The molecule has 172 valence electrons. The lowest BCUT2D eigenvalue weighted by Crippen LogP contribution is -2.50. The molecule has 1 atom stereocenters. The molecule has 1 saturated carbocycles. The van der Waals surface area contributed by atoms with Gasteiger partial charge in [-0.25, -0.2) is 0 Å². The summed E-state index contributed by atoms with van der Waals surface area (Å²) in [6.07, 6.45) is 4.20. The van der Waals surface area contributed by atoms with Crippen molar-refractivity contribution in [3.05, 3.63) is 63.1 Å². The van der Waals surface area contributed by atoms with Crippen LogP contribution in [-0.2, 0) is 16.1 Å². The molecule has 5 nitrogen and oxygen atoms in total. The van der Waals surface area contributed by atoms with Crippen molar-refractivity contribution in [3.8, 4) is 5.75 Å². The van der Waals surface area contributed by atoms with Gasteiger partial charge in [0.2, 0.25) is 5.91 Å². The third-order valence-corrected chi connectivity index (χ3v) is 6.63. The van der Waals surface area contributed by atoms with Crippen molar-refractivity contribution in [2.24, 2.45) is 0 Å². The Labute approximate surface area is 200 Å². The van der Waals surface area contributed by atoms with E-state index in [-0.39, 0.29) is 31.0 Å². The van der Waals surface area contributed by atoms with Gasteiger partial charge in [-0.3, -0.25) is 9.59 Å². The van der Waals surface area contributed by atoms with Crippen LogP contribution in [0.3, 0.4) is 0 Å². The quantitative estimate of drug-likeness (QED) is 0.549. The number of hydrogen-bond acceptors (Lipinski definition) is 3. The minimum absolute atomic E-state index is 0.156. The Morgan fingerprint density at radius 1 is 1.09 bits per heavy atom. The van der Waals surface area contributed by atoms with Gasteiger partial charge in [-0.2, -0.15) is 0 Å². The van der Waals surface area contributed by atoms with Crippen molar-refractivity contribution in [3.63, 3.8) is 0 Å². The van der Waals surface area contributed by atoms with Crippen LogP contribution in [-0.4, -0.2) is 35.4 Å². The van der Waals surface area contributed by atoms with Crippen LogP contribution in [0, 0.1) is 13.8 Å². The summed E-state index contributed by atoms with van der Waals surface area (Å²) < 4.78 is 5.81. The molecule has 1 aliphatic rings. The van der Waals surface area contributed by atoms with Crippen molar-refractivity contribution in [2.45, 2.75) is 65.1 Å². The van der Waals surface area contributed by atoms with Crippen LogP contribution in [0.5, 0.6) is 5.75 Å². The maximum atomic E-state index is 13.2. The molecule has 7 heteroatoms. The number of amides is 2. The summed E-state index contributed by atoms with van der Waals surface area (Å²) in [7, 11) is 0. The first kappa shape index (κ1) is 24.4. The SMILES string of the molecule is Cc1ccc(OCC(=O)N(Cc2ccc(Cl)c(Cl)c2)[C@H](C)C(=O)NC2CCCC2)c(C)c1. The Morgan fingerprint density at radius 3 is 2.47 bits per heavy atom. The summed E-state index contributed by atoms with van der Waals surface area (Å²) in [6.45, 7) is 5.76. The Hall–Kier alpha value is -2.24. The predicted molar refractivity (Wildman–Crippen MR) is 128 cm³/mol. The molecule has 0 bridgehead atoms. The number of carbonyl (C=O) groups is 2. The number of nitrogens with zero attached hydrogens (tertiary/aromatic N) is 1. The first-order chi connectivity index (χ1) is 15.2. The van der Waals surface area contributed by atoms with Gasteiger partial charge in [0.25, 0.3) is 5.91 Å². The molecule has 0 heterocycles. The summed E-state index contributed by atoms with van der Waals surface area (Å²) in [5, 5.41) is 3.94. The normalized spacial score (nSPS) is 14.8. The van der Waals surface area contributed by atoms with Gasteiger partial charge >= 0.3 is 0 Å². The smallest absolute Gasteiger partial charge is 0.261 e. The Bertz CT molecular complexity index is 974.